The molecule has 1 aromatic heterocycles. The van der Waals surface area contributed by atoms with Crippen molar-refractivity contribution < 1.29 is 8.42 Å². The number of hydrogen-bond acceptors (Lipinski definition) is 3. The summed E-state index contributed by atoms with van der Waals surface area (Å²) in [5.74, 6) is 0. The molecule has 0 amide bonds. The van der Waals surface area contributed by atoms with Crippen LogP contribution in [0.3, 0.4) is 0 Å². The molecule has 0 N–H and O–H groups in total. The van der Waals surface area contributed by atoms with E-state index < -0.39 is 10.7 Å². The van der Waals surface area contributed by atoms with Crippen molar-refractivity contribution in [2.75, 3.05) is 0 Å². The third kappa shape index (κ3) is 1.67. The van der Waals surface area contributed by atoms with Crippen molar-refractivity contribution in [2.24, 2.45) is 0 Å². The van der Waals surface area contributed by atoms with Gasteiger partial charge in [0, 0.05) is 12.4 Å². The van der Waals surface area contributed by atoms with E-state index >= 15 is 0 Å². The SMILES string of the molecule is O=[SH](=O)c1ccc(-n2cccn2)cc1. The second-order valence-corrected chi connectivity index (χ2v) is 3.75. The van der Waals surface area contributed by atoms with E-state index in [1.165, 1.54) is 0 Å². The van der Waals surface area contributed by atoms with Crippen LogP contribution in [-0.4, -0.2) is 18.2 Å². The van der Waals surface area contributed by atoms with Gasteiger partial charge >= 0.3 is 0 Å². The maximum atomic E-state index is 10.6. The third-order valence-corrected chi connectivity index (χ3v) is 2.55. The first-order valence-electron chi connectivity index (χ1n) is 4.02. The molecule has 1 aromatic carbocycles. The average molecular weight is 208 g/mol. The minimum Gasteiger partial charge on any atom is -0.241 e. The van der Waals surface area contributed by atoms with Gasteiger partial charge in [0.2, 0.25) is 0 Å². The quantitative estimate of drug-likeness (QED) is 0.744. The summed E-state index contributed by atoms with van der Waals surface area (Å²) in [5.41, 5.74) is 0.843. The van der Waals surface area contributed by atoms with Crippen LogP contribution >= 0.6 is 0 Å². The Morgan fingerprint density at radius 3 is 2.36 bits per heavy atom. The molecule has 2 rings (SSSR count). The van der Waals surface area contributed by atoms with Crippen LogP contribution in [-0.2, 0) is 10.7 Å². The van der Waals surface area contributed by atoms with Gasteiger partial charge < -0.3 is 0 Å². The summed E-state index contributed by atoms with van der Waals surface area (Å²) in [6, 6.07) is 8.36. The minimum absolute atomic E-state index is 0.316. The zero-order valence-electron chi connectivity index (χ0n) is 7.20. The van der Waals surface area contributed by atoms with E-state index in [4.69, 9.17) is 0 Å². The highest BCUT2D eigenvalue weighted by Gasteiger charge is 1.97. The van der Waals surface area contributed by atoms with E-state index in [0.717, 1.165) is 5.69 Å². The molecule has 0 radical (unpaired) electrons. The van der Waals surface area contributed by atoms with Gasteiger partial charge in [-0.1, -0.05) is 0 Å². The number of aromatic nitrogens is 2. The van der Waals surface area contributed by atoms with Gasteiger partial charge in [-0.05, 0) is 30.3 Å². The van der Waals surface area contributed by atoms with Crippen molar-refractivity contribution in [3.8, 4) is 5.69 Å². The van der Waals surface area contributed by atoms with Crippen molar-refractivity contribution in [2.45, 2.75) is 4.90 Å². The molecule has 0 saturated carbocycles. The number of thiol groups is 1. The standard InChI is InChI=1S/C9H8N2O2S/c12-14(13)9-4-2-8(3-5-9)11-7-1-6-10-11/h1-7,14H. The van der Waals surface area contributed by atoms with Crippen LogP contribution < -0.4 is 0 Å². The van der Waals surface area contributed by atoms with Crippen LogP contribution in [0.15, 0.2) is 47.6 Å². The van der Waals surface area contributed by atoms with E-state index in [9.17, 15) is 8.42 Å². The molecular weight excluding hydrogens is 200 g/mol. The van der Waals surface area contributed by atoms with Crippen molar-refractivity contribution in [1.29, 1.82) is 0 Å². The Hall–Kier alpha value is -1.62. The highest BCUT2D eigenvalue weighted by molar-refractivity contribution is 7.72. The second-order valence-electron chi connectivity index (χ2n) is 2.72. The van der Waals surface area contributed by atoms with Crippen LogP contribution in [0.2, 0.25) is 0 Å². The average Bonchev–Trinajstić information content (AvgIpc) is 2.71. The summed E-state index contributed by atoms with van der Waals surface area (Å²) in [7, 11) is -2.50. The molecule has 0 aliphatic rings. The molecule has 0 unspecified atom stereocenters. The predicted octanol–water partition coefficient (Wildman–Crippen LogP) is 0.843. The van der Waals surface area contributed by atoms with Gasteiger partial charge in [0.1, 0.15) is 0 Å². The van der Waals surface area contributed by atoms with Crippen molar-refractivity contribution in [1.82, 2.24) is 9.78 Å². The molecule has 4 nitrogen and oxygen atoms in total. The van der Waals surface area contributed by atoms with E-state index in [0.29, 0.717) is 4.90 Å². The summed E-state index contributed by atoms with van der Waals surface area (Å²) in [6.07, 6.45) is 3.47. The Morgan fingerprint density at radius 2 is 1.86 bits per heavy atom. The van der Waals surface area contributed by atoms with Gasteiger partial charge in [-0.3, -0.25) is 0 Å². The number of hydrogen-bond donors (Lipinski definition) is 1. The normalized spacial score (nSPS) is 10.6. The highest BCUT2D eigenvalue weighted by atomic mass is 32.2. The van der Waals surface area contributed by atoms with Crippen LogP contribution in [0.25, 0.3) is 5.69 Å². The number of benzene rings is 1. The molecule has 0 aliphatic heterocycles. The lowest BCUT2D eigenvalue weighted by Crippen LogP contribution is -1.93. The minimum atomic E-state index is -2.50. The second kappa shape index (κ2) is 3.63. The summed E-state index contributed by atoms with van der Waals surface area (Å²) >= 11 is 0. The van der Waals surface area contributed by atoms with Crippen LogP contribution in [0, 0.1) is 0 Å². The summed E-state index contributed by atoms with van der Waals surface area (Å²) in [6.45, 7) is 0. The van der Waals surface area contributed by atoms with Gasteiger partial charge in [0.15, 0.2) is 10.7 Å². The summed E-state index contributed by atoms with van der Waals surface area (Å²) in [4.78, 5) is 0.316. The first-order chi connectivity index (χ1) is 6.77. The first kappa shape index (κ1) is 8.96. The summed E-state index contributed by atoms with van der Waals surface area (Å²) < 4.78 is 22.9. The largest absolute Gasteiger partial charge is 0.241 e. The van der Waals surface area contributed by atoms with Crippen molar-refractivity contribution in [3.63, 3.8) is 0 Å². The monoisotopic (exact) mass is 208 g/mol. The molecule has 1 heterocycles. The Balaban J connectivity index is 2.40. The lowest BCUT2D eigenvalue weighted by atomic mass is 10.3. The lowest BCUT2D eigenvalue weighted by Gasteiger charge is -1.99. The molecule has 72 valence electrons. The first-order valence-corrected chi connectivity index (χ1v) is 5.19. The smallest absolute Gasteiger partial charge is 0.168 e. The maximum Gasteiger partial charge on any atom is 0.168 e. The molecule has 0 spiro atoms. The highest BCUT2D eigenvalue weighted by Crippen LogP contribution is 2.08. The molecule has 0 bridgehead atoms. The van der Waals surface area contributed by atoms with Crippen molar-refractivity contribution in [3.05, 3.63) is 42.7 Å². The van der Waals surface area contributed by atoms with Gasteiger partial charge in [-0.25, -0.2) is 13.1 Å². The Labute approximate surface area is 82.8 Å². The Morgan fingerprint density at radius 1 is 1.14 bits per heavy atom. The van der Waals surface area contributed by atoms with E-state index in [1.54, 1.807) is 41.3 Å². The van der Waals surface area contributed by atoms with Gasteiger partial charge in [0.05, 0.1) is 10.6 Å². The van der Waals surface area contributed by atoms with E-state index in [1.807, 2.05) is 6.07 Å². The molecule has 2 aromatic rings. The predicted molar refractivity (Wildman–Crippen MR) is 52.1 cm³/mol. The molecule has 0 aliphatic carbocycles. The topological polar surface area (TPSA) is 52.0 Å². The molecule has 0 fully saturated rings. The Kier molecular flexibility index (Phi) is 2.32. The maximum absolute atomic E-state index is 10.6. The molecule has 0 atom stereocenters. The van der Waals surface area contributed by atoms with E-state index in [-0.39, 0.29) is 0 Å². The molecular formula is C9H8N2O2S. The third-order valence-electron chi connectivity index (χ3n) is 1.83. The fraction of sp³-hybridized carbons (Fsp3) is 0. The van der Waals surface area contributed by atoms with Gasteiger partial charge in [-0.2, -0.15) is 5.10 Å². The fourth-order valence-electron chi connectivity index (χ4n) is 1.15. The zero-order chi connectivity index (χ0) is 9.97. The summed E-state index contributed by atoms with van der Waals surface area (Å²) in [5, 5.41) is 4.03. The number of rotatable bonds is 2. The molecule has 5 heteroatoms. The Bertz CT molecular complexity index is 478. The van der Waals surface area contributed by atoms with E-state index in [2.05, 4.69) is 5.10 Å². The number of nitrogens with zero attached hydrogens (tertiary/aromatic N) is 2. The van der Waals surface area contributed by atoms with Gasteiger partial charge in [-0.15, -0.1) is 0 Å². The van der Waals surface area contributed by atoms with Crippen LogP contribution in [0.1, 0.15) is 0 Å². The lowest BCUT2D eigenvalue weighted by molar-refractivity contribution is 0.614. The van der Waals surface area contributed by atoms with Gasteiger partial charge in [0.25, 0.3) is 0 Å². The van der Waals surface area contributed by atoms with Crippen LogP contribution in [0.5, 0.6) is 0 Å². The fourth-order valence-corrected chi connectivity index (χ4v) is 1.54. The molecule has 14 heavy (non-hydrogen) atoms. The van der Waals surface area contributed by atoms with Crippen molar-refractivity contribution >= 4 is 10.7 Å². The molecule has 0 saturated heterocycles. The van der Waals surface area contributed by atoms with Crippen LogP contribution in [0.4, 0.5) is 0 Å². The zero-order valence-corrected chi connectivity index (χ0v) is 8.09.